The van der Waals surface area contributed by atoms with Gasteiger partial charge in [-0.3, -0.25) is 4.98 Å². The second-order valence-electron chi connectivity index (χ2n) is 5.76. The van der Waals surface area contributed by atoms with Crippen molar-refractivity contribution in [3.63, 3.8) is 0 Å². The first-order valence-electron chi connectivity index (χ1n) is 7.56. The molecule has 7 heteroatoms. The Morgan fingerprint density at radius 1 is 1.13 bits per heavy atom. The zero-order valence-electron chi connectivity index (χ0n) is 13.2. The molecular formula is C16H20N4O3. The molecule has 2 atom stereocenters. The third-order valence-electron chi connectivity index (χ3n) is 3.88. The van der Waals surface area contributed by atoms with Gasteiger partial charge in [-0.1, -0.05) is 0 Å². The van der Waals surface area contributed by atoms with E-state index in [1.807, 2.05) is 24.8 Å². The fraction of sp³-hybridized carbons (Fsp3) is 0.438. The smallest absolute Gasteiger partial charge is 0.227 e. The summed E-state index contributed by atoms with van der Waals surface area (Å²) in [5.74, 6) is 1.74. The number of aryl methyl sites for hydroxylation is 1. The molecule has 0 radical (unpaired) electrons. The first-order chi connectivity index (χ1) is 11.0. The number of nitrogens with zero attached hydrogens (tertiary/aromatic N) is 4. The molecule has 0 amide bonds. The van der Waals surface area contributed by atoms with Gasteiger partial charge in [0.05, 0.1) is 23.5 Å². The highest BCUT2D eigenvalue weighted by molar-refractivity contribution is 5.51. The summed E-state index contributed by atoms with van der Waals surface area (Å²) in [7, 11) is 0. The molecule has 1 aliphatic rings. The number of β-amino-alcohol motifs (C(OH)–C–C–N with tert-alkyl or cyclic N) is 2. The molecule has 3 heterocycles. The summed E-state index contributed by atoms with van der Waals surface area (Å²) in [6.07, 6.45) is 2.38. The van der Waals surface area contributed by atoms with Gasteiger partial charge in [0.15, 0.2) is 5.75 Å². The maximum absolute atomic E-state index is 9.86. The summed E-state index contributed by atoms with van der Waals surface area (Å²) in [4.78, 5) is 14.5. The van der Waals surface area contributed by atoms with Gasteiger partial charge in [0.2, 0.25) is 5.88 Å². The predicted molar refractivity (Wildman–Crippen MR) is 84.7 cm³/mol. The van der Waals surface area contributed by atoms with E-state index in [9.17, 15) is 10.2 Å². The highest BCUT2D eigenvalue weighted by Gasteiger charge is 2.27. The van der Waals surface area contributed by atoms with Gasteiger partial charge < -0.3 is 19.8 Å². The summed E-state index contributed by atoms with van der Waals surface area (Å²) in [5, 5.41) is 19.7. The van der Waals surface area contributed by atoms with Gasteiger partial charge in [0, 0.05) is 25.7 Å². The average Bonchev–Trinajstić information content (AvgIpc) is 2.50. The van der Waals surface area contributed by atoms with Crippen molar-refractivity contribution >= 4 is 5.82 Å². The van der Waals surface area contributed by atoms with Crippen LogP contribution in [0.15, 0.2) is 24.7 Å². The van der Waals surface area contributed by atoms with E-state index >= 15 is 0 Å². The van der Waals surface area contributed by atoms with E-state index in [2.05, 4.69) is 15.0 Å². The van der Waals surface area contributed by atoms with E-state index in [0.717, 1.165) is 11.3 Å². The fourth-order valence-electron chi connectivity index (χ4n) is 2.75. The number of piperidine rings is 1. The second-order valence-corrected chi connectivity index (χ2v) is 5.76. The topological polar surface area (TPSA) is 91.6 Å². The van der Waals surface area contributed by atoms with Crippen LogP contribution < -0.4 is 9.64 Å². The number of rotatable bonds is 3. The number of ether oxygens (including phenoxy) is 1. The van der Waals surface area contributed by atoms with Gasteiger partial charge >= 0.3 is 0 Å². The van der Waals surface area contributed by atoms with E-state index in [1.165, 1.54) is 6.33 Å². The molecule has 23 heavy (non-hydrogen) atoms. The highest BCUT2D eigenvalue weighted by atomic mass is 16.5. The third-order valence-corrected chi connectivity index (χ3v) is 3.88. The number of aliphatic hydroxyl groups is 2. The van der Waals surface area contributed by atoms with Gasteiger partial charge in [-0.25, -0.2) is 9.97 Å². The number of aliphatic hydroxyl groups excluding tert-OH is 2. The van der Waals surface area contributed by atoms with Crippen molar-refractivity contribution in [1.29, 1.82) is 0 Å². The predicted octanol–water partition coefficient (Wildman–Crippen LogP) is 1.21. The van der Waals surface area contributed by atoms with Gasteiger partial charge in [0.1, 0.15) is 12.1 Å². The van der Waals surface area contributed by atoms with Crippen molar-refractivity contribution in [2.24, 2.45) is 0 Å². The molecule has 1 aliphatic heterocycles. The van der Waals surface area contributed by atoms with Crippen LogP contribution in [0.5, 0.6) is 11.6 Å². The van der Waals surface area contributed by atoms with Crippen molar-refractivity contribution < 1.29 is 14.9 Å². The Hall–Kier alpha value is -2.25. The molecule has 2 aromatic rings. The minimum absolute atomic E-state index is 0.388. The summed E-state index contributed by atoms with van der Waals surface area (Å²) in [6, 6.07) is 3.63. The molecule has 1 fully saturated rings. The molecule has 2 N–H and O–H groups in total. The zero-order chi connectivity index (χ0) is 16.4. The average molecular weight is 316 g/mol. The van der Waals surface area contributed by atoms with Crippen molar-refractivity contribution in [2.75, 3.05) is 18.0 Å². The molecule has 0 aliphatic carbocycles. The normalized spacial score (nSPS) is 21.3. The van der Waals surface area contributed by atoms with Gasteiger partial charge in [-0.05, 0) is 26.0 Å². The maximum atomic E-state index is 9.86. The Morgan fingerprint density at radius 2 is 1.87 bits per heavy atom. The summed E-state index contributed by atoms with van der Waals surface area (Å²) < 4.78 is 5.86. The fourth-order valence-corrected chi connectivity index (χ4v) is 2.75. The molecule has 0 unspecified atom stereocenters. The van der Waals surface area contributed by atoms with E-state index in [4.69, 9.17) is 4.74 Å². The quantitative estimate of drug-likeness (QED) is 0.879. The number of hydrogen-bond donors (Lipinski definition) is 2. The summed E-state index contributed by atoms with van der Waals surface area (Å²) >= 11 is 0. The molecule has 122 valence electrons. The molecule has 0 aromatic carbocycles. The third kappa shape index (κ3) is 3.40. The molecule has 2 aromatic heterocycles. The van der Waals surface area contributed by atoms with Gasteiger partial charge in [-0.15, -0.1) is 0 Å². The Kier molecular flexibility index (Phi) is 4.40. The van der Waals surface area contributed by atoms with Crippen LogP contribution in [-0.2, 0) is 0 Å². The van der Waals surface area contributed by atoms with E-state index in [0.29, 0.717) is 37.0 Å². The molecule has 7 nitrogen and oxygen atoms in total. The number of aromatic nitrogens is 3. The van der Waals surface area contributed by atoms with Crippen LogP contribution in [0, 0.1) is 13.8 Å². The van der Waals surface area contributed by atoms with Crippen LogP contribution in [0.1, 0.15) is 17.7 Å². The zero-order valence-corrected chi connectivity index (χ0v) is 13.2. The number of hydrogen-bond acceptors (Lipinski definition) is 7. The van der Waals surface area contributed by atoms with Gasteiger partial charge in [-0.2, -0.15) is 0 Å². The van der Waals surface area contributed by atoms with Crippen LogP contribution in [-0.4, -0.2) is 50.5 Å². The summed E-state index contributed by atoms with van der Waals surface area (Å²) in [6.45, 7) is 4.59. The Bertz CT molecular complexity index is 685. The second kappa shape index (κ2) is 6.47. The number of pyridine rings is 1. The van der Waals surface area contributed by atoms with Crippen molar-refractivity contribution in [1.82, 2.24) is 15.0 Å². The molecule has 1 saturated heterocycles. The molecule has 3 rings (SSSR count). The van der Waals surface area contributed by atoms with Crippen molar-refractivity contribution in [3.8, 4) is 11.6 Å². The Morgan fingerprint density at radius 3 is 2.57 bits per heavy atom. The van der Waals surface area contributed by atoms with Crippen molar-refractivity contribution in [3.05, 3.63) is 35.9 Å². The lowest BCUT2D eigenvalue weighted by molar-refractivity contribution is 0.0647. The number of anilines is 1. The van der Waals surface area contributed by atoms with Crippen LogP contribution in [0.2, 0.25) is 0 Å². The molecular weight excluding hydrogens is 296 g/mol. The van der Waals surface area contributed by atoms with Crippen LogP contribution in [0.4, 0.5) is 5.82 Å². The maximum Gasteiger partial charge on any atom is 0.227 e. The first kappa shape index (κ1) is 15.6. The minimum atomic E-state index is -0.571. The highest BCUT2D eigenvalue weighted by Crippen LogP contribution is 2.30. The van der Waals surface area contributed by atoms with Gasteiger partial charge in [0.25, 0.3) is 0 Å². The van der Waals surface area contributed by atoms with Crippen LogP contribution in [0.3, 0.4) is 0 Å². The first-order valence-corrected chi connectivity index (χ1v) is 7.56. The van der Waals surface area contributed by atoms with Crippen molar-refractivity contribution in [2.45, 2.75) is 32.5 Å². The lowest BCUT2D eigenvalue weighted by Crippen LogP contribution is -2.46. The lowest BCUT2D eigenvalue weighted by atomic mass is 10.1. The standard InChI is InChI=1S/C16H20N4O3/c1-10-15(20-7-12(21)6-13(22)8-20)18-9-19-16(10)23-14-4-3-5-17-11(14)2/h3-5,9,12-13,21-22H,6-8H2,1-2H3/t12-,13-/m1/s1. The molecule has 0 spiro atoms. The molecule has 0 saturated carbocycles. The van der Waals surface area contributed by atoms with E-state index in [-0.39, 0.29) is 0 Å². The van der Waals surface area contributed by atoms with Crippen LogP contribution in [0.25, 0.3) is 0 Å². The van der Waals surface area contributed by atoms with E-state index < -0.39 is 12.2 Å². The monoisotopic (exact) mass is 316 g/mol. The SMILES string of the molecule is Cc1ncccc1Oc1ncnc(N2C[C@H](O)C[C@@H](O)C2)c1C. The minimum Gasteiger partial charge on any atom is -0.437 e. The lowest BCUT2D eigenvalue weighted by Gasteiger charge is -2.34. The largest absolute Gasteiger partial charge is 0.437 e. The van der Waals surface area contributed by atoms with Crippen LogP contribution >= 0.6 is 0 Å². The Labute approximate surface area is 134 Å². The molecule has 0 bridgehead atoms. The summed E-state index contributed by atoms with van der Waals surface area (Å²) in [5.41, 5.74) is 1.54. The van der Waals surface area contributed by atoms with E-state index in [1.54, 1.807) is 12.3 Å². The Balaban J connectivity index is 1.88.